The second-order valence-electron chi connectivity index (χ2n) is 5.45. The van der Waals surface area contributed by atoms with Crippen LogP contribution in [0, 0.1) is 6.92 Å². The van der Waals surface area contributed by atoms with Crippen LogP contribution in [0.4, 0.5) is 11.4 Å². The fourth-order valence-corrected chi connectivity index (χ4v) is 2.40. The summed E-state index contributed by atoms with van der Waals surface area (Å²) in [6.45, 7) is 5.00. The molecule has 0 aromatic heterocycles. The number of hydrogen-bond acceptors (Lipinski definition) is 4. The van der Waals surface area contributed by atoms with E-state index in [0.29, 0.717) is 25.1 Å². The standard InChI is InChI=1S/C19H24N2O2/c1-4-23-19(22)16-7-5-6-15(8-9-16)13-21-18-11-14(2)10-17(12-18)20-3/h5-6,8-12,20-21H,4,7,13H2,1-3H3. The van der Waals surface area contributed by atoms with Gasteiger partial charge in [0.2, 0.25) is 0 Å². The van der Waals surface area contributed by atoms with Gasteiger partial charge in [-0.3, -0.25) is 0 Å². The Labute approximate surface area is 137 Å². The predicted molar refractivity (Wildman–Crippen MR) is 95.8 cm³/mol. The van der Waals surface area contributed by atoms with Crippen LogP contribution in [-0.2, 0) is 9.53 Å². The summed E-state index contributed by atoms with van der Waals surface area (Å²) >= 11 is 0. The van der Waals surface area contributed by atoms with Gasteiger partial charge in [0, 0.05) is 30.5 Å². The molecular formula is C19H24N2O2. The molecule has 2 N–H and O–H groups in total. The second-order valence-corrected chi connectivity index (χ2v) is 5.45. The molecule has 1 aromatic carbocycles. The third kappa shape index (κ3) is 5.02. The normalized spacial score (nSPS) is 13.7. The Morgan fingerprint density at radius 3 is 2.74 bits per heavy atom. The molecule has 4 heteroatoms. The van der Waals surface area contributed by atoms with E-state index < -0.39 is 0 Å². The number of benzene rings is 1. The van der Waals surface area contributed by atoms with Gasteiger partial charge in [-0.05, 0) is 49.6 Å². The van der Waals surface area contributed by atoms with Crippen LogP contribution in [0.3, 0.4) is 0 Å². The van der Waals surface area contributed by atoms with E-state index in [1.165, 1.54) is 5.56 Å². The lowest BCUT2D eigenvalue weighted by Crippen LogP contribution is -2.06. The first-order chi connectivity index (χ1) is 11.1. The second kappa shape index (κ2) is 8.22. The van der Waals surface area contributed by atoms with E-state index >= 15 is 0 Å². The molecular weight excluding hydrogens is 288 g/mol. The Kier molecular flexibility index (Phi) is 6.03. The number of allylic oxidation sites excluding steroid dienone is 3. The molecule has 4 nitrogen and oxygen atoms in total. The molecule has 0 saturated heterocycles. The van der Waals surface area contributed by atoms with Crippen LogP contribution in [0.15, 0.2) is 53.6 Å². The molecule has 0 bridgehead atoms. The minimum absolute atomic E-state index is 0.236. The van der Waals surface area contributed by atoms with Crippen molar-refractivity contribution in [3.63, 3.8) is 0 Å². The van der Waals surface area contributed by atoms with Crippen LogP contribution in [0.25, 0.3) is 0 Å². The first kappa shape index (κ1) is 16.9. The van der Waals surface area contributed by atoms with Gasteiger partial charge in [0.25, 0.3) is 0 Å². The van der Waals surface area contributed by atoms with Crippen molar-refractivity contribution < 1.29 is 9.53 Å². The summed E-state index contributed by atoms with van der Waals surface area (Å²) in [4.78, 5) is 11.8. The van der Waals surface area contributed by atoms with Gasteiger partial charge in [0.05, 0.1) is 6.61 Å². The lowest BCUT2D eigenvalue weighted by atomic mass is 10.1. The quantitative estimate of drug-likeness (QED) is 0.784. The fraction of sp³-hybridized carbons (Fsp3) is 0.316. The molecule has 2 rings (SSSR count). The zero-order valence-corrected chi connectivity index (χ0v) is 14.0. The van der Waals surface area contributed by atoms with Gasteiger partial charge in [0.15, 0.2) is 0 Å². The van der Waals surface area contributed by atoms with Gasteiger partial charge in [-0.25, -0.2) is 4.79 Å². The van der Waals surface area contributed by atoms with E-state index in [9.17, 15) is 4.79 Å². The number of esters is 1. The summed E-state index contributed by atoms with van der Waals surface area (Å²) in [5.74, 6) is -0.236. The van der Waals surface area contributed by atoms with Crippen molar-refractivity contribution in [1.29, 1.82) is 0 Å². The third-order valence-electron chi connectivity index (χ3n) is 3.57. The van der Waals surface area contributed by atoms with Crippen LogP contribution < -0.4 is 10.6 Å². The van der Waals surface area contributed by atoms with Gasteiger partial charge in [-0.2, -0.15) is 0 Å². The molecule has 0 atom stereocenters. The van der Waals surface area contributed by atoms with Crippen LogP contribution in [-0.4, -0.2) is 26.2 Å². The van der Waals surface area contributed by atoms with E-state index in [1.54, 1.807) is 0 Å². The molecule has 0 spiro atoms. The lowest BCUT2D eigenvalue weighted by Gasteiger charge is -2.10. The van der Waals surface area contributed by atoms with Crippen molar-refractivity contribution in [2.75, 3.05) is 30.8 Å². The smallest absolute Gasteiger partial charge is 0.334 e. The van der Waals surface area contributed by atoms with Crippen LogP contribution in [0.5, 0.6) is 0 Å². The average molecular weight is 312 g/mol. The Bertz CT molecular complexity index is 657. The van der Waals surface area contributed by atoms with Crippen LogP contribution in [0.1, 0.15) is 18.9 Å². The van der Waals surface area contributed by atoms with Gasteiger partial charge in [-0.15, -0.1) is 0 Å². The maximum absolute atomic E-state index is 11.8. The van der Waals surface area contributed by atoms with Gasteiger partial charge < -0.3 is 15.4 Å². The minimum atomic E-state index is -0.236. The van der Waals surface area contributed by atoms with E-state index in [4.69, 9.17) is 4.74 Å². The molecule has 0 aliphatic heterocycles. The summed E-state index contributed by atoms with van der Waals surface area (Å²) < 4.78 is 5.05. The topological polar surface area (TPSA) is 50.4 Å². The van der Waals surface area contributed by atoms with Crippen LogP contribution in [0.2, 0.25) is 0 Å². The van der Waals surface area contributed by atoms with E-state index in [-0.39, 0.29) is 5.97 Å². The number of aryl methyl sites for hydroxylation is 1. The highest BCUT2D eigenvalue weighted by molar-refractivity contribution is 5.89. The highest BCUT2D eigenvalue weighted by atomic mass is 16.5. The number of carbonyl (C=O) groups excluding carboxylic acids is 1. The zero-order valence-electron chi connectivity index (χ0n) is 14.0. The Hall–Kier alpha value is -2.49. The van der Waals surface area contributed by atoms with Crippen molar-refractivity contribution >= 4 is 17.3 Å². The number of nitrogens with one attached hydrogen (secondary N) is 2. The van der Waals surface area contributed by atoms with Gasteiger partial charge >= 0.3 is 5.97 Å². The van der Waals surface area contributed by atoms with Crippen molar-refractivity contribution in [3.05, 3.63) is 59.2 Å². The molecule has 0 unspecified atom stereocenters. The van der Waals surface area contributed by atoms with E-state index in [1.807, 2.05) is 38.3 Å². The molecule has 122 valence electrons. The van der Waals surface area contributed by atoms with Crippen molar-refractivity contribution in [3.8, 4) is 0 Å². The minimum Gasteiger partial charge on any atom is -0.463 e. The molecule has 0 radical (unpaired) electrons. The monoisotopic (exact) mass is 312 g/mol. The van der Waals surface area contributed by atoms with E-state index in [2.05, 4.69) is 35.8 Å². The van der Waals surface area contributed by atoms with E-state index in [0.717, 1.165) is 16.9 Å². The molecule has 23 heavy (non-hydrogen) atoms. The summed E-state index contributed by atoms with van der Waals surface area (Å²) in [5.41, 5.74) is 5.17. The molecule has 0 amide bonds. The predicted octanol–water partition coefficient (Wildman–Crippen LogP) is 3.82. The molecule has 1 aromatic rings. The Morgan fingerprint density at radius 1 is 1.22 bits per heavy atom. The third-order valence-corrected chi connectivity index (χ3v) is 3.57. The first-order valence-electron chi connectivity index (χ1n) is 7.89. The molecule has 1 aliphatic rings. The number of ether oxygens (including phenoxy) is 1. The Balaban J connectivity index is 2.03. The first-order valence-corrected chi connectivity index (χ1v) is 7.89. The average Bonchev–Trinajstić information content (AvgIpc) is 2.78. The molecule has 0 fully saturated rings. The maximum atomic E-state index is 11.8. The zero-order chi connectivity index (χ0) is 16.7. The highest BCUT2D eigenvalue weighted by Gasteiger charge is 2.09. The lowest BCUT2D eigenvalue weighted by molar-refractivity contribution is -0.138. The molecule has 0 heterocycles. The number of rotatable bonds is 6. The molecule has 1 aliphatic carbocycles. The van der Waals surface area contributed by atoms with Crippen molar-refractivity contribution in [2.24, 2.45) is 0 Å². The maximum Gasteiger partial charge on any atom is 0.334 e. The van der Waals surface area contributed by atoms with Crippen LogP contribution >= 0.6 is 0 Å². The summed E-state index contributed by atoms with van der Waals surface area (Å²) in [6.07, 6.45) is 8.47. The summed E-state index contributed by atoms with van der Waals surface area (Å²) in [6, 6.07) is 6.29. The fourth-order valence-electron chi connectivity index (χ4n) is 2.40. The number of hydrogen-bond donors (Lipinski definition) is 2. The van der Waals surface area contributed by atoms with Gasteiger partial charge in [0.1, 0.15) is 0 Å². The molecule has 0 saturated carbocycles. The van der Waals surface area contributed by atoms with Gasteiger partial charge in [-0.1, -0.05) is 24.3 Å². The van der Waals surface area contributed by atoms with Crippen molar-refractivity contribution in [2.45, 2.75) is 20.3 Å². The Morgan fingerprint density at radius 2 is 2.00 bits per heavy atom. The number of anilines is 2. The summed E-state index contributed by atoms with van der Waals surface area (Å²) in [5, 5.41) is 6.58. The summed E-state index contributed by atoms with van der Waals surface area (Å²) in [7, 11) is 1.91. The van der Waals surface area contributed by atoms with Crippen molar-refractivity contribution in [1.82, 2.24) is 0 Å². The highest BCUT2D eigenvalue weighted by Crippen LogP contribution is 2.19. The number of carbonyl (C=O) groups is 1. The largest absolute Gasteiger partial charge is 0.463 e. The SMILES string of the molecule is CCOC(=O)C1=CC=C(CNc2cc(C)cc(NC)c2)C=CC1.